The highest BCUT2D eigenvalue weighted by Gasteiger charge is 2.35. The quantitative estimate of drug-likeness (QED) is 0.449. The van der Waals surface area contributed by atoms with Gasteiger partial charge in [-0.25, -0.2) is 9.78 Å². The van der Waals surface area contributed by atoms with Crippen LogP contribution >= 0.6 is 0 Å². The second-order valence-electron chi connectivity index (χ2n) is 12.1. The number of piperidine rings is 1. The molecule has 7 heteroatoms. The summed E-state index contributed by atoms with van der Waals surface area (Å²) >= 11 is 0. The Morgan fingerprint density at radius 2 is 1.72 bits per heavy atom. The van der Waals surface area contributed by atoms with Crippen molar-refractivity contribution >= 4 is 11.7 Å². The topological polar surface area (TPSA) is 84.8 Å². The van der Waals surface area contributed by atoms with E-state index in [2.05, 4.69) is 42.6 Å². The number of hydrogen-bond donors (Lipinski definition) is 1. The van der Waals surface area contributed by atoms with Gasteiger partial charge in [0.05, 0.1) is 17.4 Å². The molecule has 1 aliphatic heterocycles. The zero-order valence-electron chi connectivity index (χ0n) is 23.4. The first kappa shape index (κ1) is 27.9. The van der Waals surface area contributed by atoms with E-state index in [9.17, 15) is 9.90 Å². The molecule has 0 aromatic carbocycles. The van der Waals surface area contributed by atoms with Crippen LogP contribution in [0.5, 0.6) is 5.88 Å². The van der Waals surface area contributed by atoms with Crippen molar-refractivity contribution in [3.63, 3.8) is 0 Å². The molecule has 2 aromatic heterocycles. The van der Waals surface area contributed by atoms with Gasteiger partial charge in [0.15, 0.2) is 6.10 Å². The SMILES string of the molecule is Cc1ncc(-c2ccc(OC(C)C(C)C)nc2)c(N2CCC(C)(C)CC2)c1[C@H](OC(C)(C)C)C(=O)O. The molecule has 0 aliphatic carbocycles. The van der Waals surface area contributed by atoms with E-state index in [1.54, 1.807) is 6.20 Å². The van der Waals surface area contributed by atoms with Crippen LogP contribution in [0, 0.1) is 18.3 Å². The predicted molar refractivity (Wildman–Crippen MR) is 144 cm³/mol. The van der Waals surface area contributed by atoms with Crippen LogP contribution in [0.4, 0.5) is 5.69 Å². The van der Waals surface area contributed by atoms with Crippen LogP contribution in [-0.2, 0) is 9.53 Å². The van der Waals surface area contributed by atoms with Gasteiger partial charge in [-0.15, -0.1) is 0 Å². The number of carboxylic acid groups (broad SMARTS) is 1. The van der Waals surface area contributed by atoms with Gasteiger partial charge in [0.1, 0.15) is 0 Å². The Morgan fingerprint density at radius 1 is 1.08 bits per heavy atom. The second-order valence-corrected chi connectivity index (χ2v) is 12.1. The van der Waals surface area contributed by atoms with Crippen molar-refractivity contribution in [3.8, 4) is 17.0 Å². The fourth-order valence-electron chi connectivity index (χ4n) is 4.33. The highest BCUT2D eigenvalue weighted by atomic mass is 16.5. The molecule has 7 nitrogen and oxygen atoms in total. The van der Waals surface area contributed by atoms with Crippen molar-refractivity contribution in [3.05, 3.63) is 35.8 Å². The molecule has 3 heterocycles. The molecule has 198 valence electrons. The van der Waals surface area contributed by atoms with E-state index in [0.717, 1.165) is 42.7 Å². The summed E-state index contributed by atoms with van der Waals surface area (Å²) in [6, 6.07) is 3.85. The normalized spacial score (nSPS) is 17.7. The summed E-state index contributed by atoms with van der Waals surface area (Å²) in [6.07, 6.45) is 4.57. The maximum absolute atomic E-state index is 12.5. The van der Waals surface area contributed by atoms with Crippen LogP contribution in [0.2, 0.25) is 0 Å². The lowest BCUT2D eigenvalue weighted by Crippen LogP contribution is -2.39. The first-order valence-electron chi connectivity index (χ1n) is 13.0. The van der Waals surface area contributed by atoms with E-state index >= 15 is 0 Å². The van der Waals surface area contributed by atoms with E-state index in [-0.39, 0.29) is 11.5 Å². The molecule has 2 aromatic rings. The molecular formula is C29H43N3O4. The van der Waals surface area contributed by atoms with Gasteiger partial charge >= 0.3 is 5.97 Å². The molecule has 3 rings (SSSR count). The number of aromatic nitrogens is 2. The zero-order valence-corrected chi connectivity index (χ0v) is 23.4. The number of aliphatic carboxylic acids is 1. The minimum atomic E-state index is -1.13. The third-order valence-electron chi connectivity index (χ3n) is 6.97. The molecule has 0 amide bonds. The lowest BCUT2D eigenvalue weighted by molar-refractivity contribution is -0.160. The highest BCUT2D eigenvalue weighted by molar-refractivity contribution is 5.86. The lowest BCUT2D eigenvalue weighted by Gasteiger charge is -2.40. The number of rotatable bonds is 8. The minimum absolute atomic E-state index is 0.0501. The van der Waals surface area contributed by atoms with Gasteiger partial charge < -0.3 is 19.5 Å². The molecule has 1 saturated heterocycles. The highest BCUT2D eigenvalue weighted by Crippen LogP contribution is 2.43. The van der Waals surface area contributed by atoms with E-state index in [1.165, 1.54) is 0 Å². The number of anilines is 1. The van der Waals surface area contributed by atoms with Gasteiger partial charge in [0.2, 0.25) is 5.88 Å². The third kappa shape index (κ3) is 6.75. The monoisotopic (exact) mass is 497 g/mol. The van der Waals surface area contributed by atoms with Crippen LogP contribution in [0.25, 0.3) is 11.1 Å². The predicted octanol–water partition coefficient (Wildman–Crippen LogP) is 6.44. The summed E-state index contributed by atoms with van der Waals surface area (Å²) in [7, 11) is 0. The Balaban J connectivity index is 2.13. The Morgan fingerprint density at radius 3 is 2.22 bits per heavy atom. The fraction of sp³-hybridized carbons (Fsp3) is 0.621. The molecule has 0 saturated carbocycles. The number of ether oxygens (including phenoxy) is 2. The number of carbonyl (C=O) groups is 1. The largest absolute Gasteiger partial charge is 0.479 e. The molecular weight excluding hydrogens is 454 g/mol. The van der Waals surface area contributed by atoms with Crippen molar-refractivity contribution in [2.24, 2.45) is 11.3 Å². The molecule has 2 atom stereocenters. The van der Waals surface area contributed by atoms with Crippen LogP contribution < -0.4 is 9.64 Å². The summed E-state index contributed by atoms with van der Waals surface area (Å²) in [4.78, 5) is 24.0. The fourth-order valence-corrected chi connectivity index (χ4v) is 4.33. The Labute approximate surface area is 216 Å². The van der Waals surface area contributed by atoms with E-state index in [4.69, 9.17) is 9.47 Å². The van der Waals surface area contributed by atoms with Crippen LogP contribution in [-0.4, -0.2) is 45.8 Å². The van der Waals surface area contributed by atoms with Crippen molar-refractivity contribution in [1.29, 1.82) is 0 Å². The van der Waals surface area contributed by atoms with Gasteiger partial charge in [-0.05, 0) is 64.9 Å². The summed E-state index contributed by atoms with van der Waals surface area (Å²) in [5, 5.41) is 10.2. The standard InChI is InChI=1S/C29H43N3O4/c1-18(2)20(4)35-23-11-10-21(16-31-23)22-17-30-19(3)24(26(27(33)34)36-28(5,6)7)25(22)32-14-12-29(8,9)13-15-32/h10-11,16-18,20,26H,12-15H2,1-9H3,(H,33,34)/t20?,26-/m0/s1. The maximum Gasteiger partial charge on any atom is 0.337 e. The molecule has 1 fully saturated rings. The molecule has 1 N–H and O–H groups in total. The summed E-state index contributed by atoms with van der Waals surface area (Å²) in [5.74, 6) is -0.0721. The first-order chi connectivity index (χ1) is 16.7. The van der Waals surface area contributed by atoms with E-state index in [0.29, 0.717) is 23.1 Å². The number of hydrogen-bond acceptors (Lipinski definition) is 6. The number of pyridine rings is 2. The maximum atomic E-state index is 12.5. The summed E-state index contributed by atoms with van der Waals surface area (Å²) in [5.41, 5.74) is 3.49. The van der Waals surface area contributed by atoms with Gasteiger partial charge in [0, 0.05) is 53.9 Å². The Bertz CT molecular complexity index is 1050. The summed E-state index contributed by atoms with van der Waals surface area (Å²) < 4.78 is 12.1. The average Bonchev–Trinajstić information content (AvgIpc) is 2.77. The van der Waals surface area contributed by atoms with Crippen molar-refractivity contribution in [2.45, 2.75) is 93.0 Å². The molecule has 36 heavy (non-hydrogen) atoms. The van der Waals surface area contributed by atoms with Gasteiger partial charge in [-0.3, -0.25) is 4.98 Å². The van der Waals surface area contributed by atoms with Crippen molar-refractivity contribution in [2.75, 3.05) is 18.0 Å². The molecule has 0 bridgehead atoms. The smallest absolute Gasteiger partial charge is 0.337 e. The zero-order chi connectivity index (χ0) is 26.8. The van der Waals surface area contributed by atoms with E-state index in [1.807, 2.05) is 52.9 Å². The van der Waals surface area contributed by atoms with Crippen LogP contribution in [0.1, 0.15) is 85.6 Å². The Hall–Kier alpha value is -2.67. The third-order valence-corrected chi connectivity index (χ3v) is 6.97. The second kappa shape index (κ2) is 10.8. The van der Waals surface area contributed by atoms with Crippen molar-refractivity contribution < 1.29 is 19.4 Å². The molecule has 0 spiro atoms. The Kier molecular flexibility index (Phi) is 8.33. The number of aryl methyl sites for hydroxylation is 1. The van der Waals surface area contributed by atoms with Gasteiger partial charge in [-0.2, -0.15) is 0 Å². The van der Waals surface area contributed by atoms with Gasteiger partial charge in [0.25, 0.3) is 0 Å². The molecule has 1 unspecified atom stereocenters. The van der Waals surface area contributed by atoms with Crippen LogP contribution in [0.15, 0.2) is 24.5 Å². The first-order valence-corrected chi connectivity index (χ1v) is 13.0. The molecule has 0 radical (unpaired) electrons. The van der Waals surface area contributed by atoms with Crippen LogP contribution in [0.3, 0.4) is 0 Å². The number of nitrogens with zero attached hydrogens (tertiary/aromatic N) is 3. The molecule has 1 aliphatic rings. The van der Waals surface area contributed by atoms with Crippen molar-refractivity contribution in [1.82, 2.24) is 9.97 Å². The minimum Gasteiger partial charge on any atom is -0.479 e. The average molecular weight is 498 g/mol. The lowest BCUT2D eigenvalue weighted by atomic mass is 9.82. The summed E-state index contributed by atoms with van der Waals surface area (Å²) in [6.45, 7) is 20.0. The number of carboxylic acids is 1. The van der Waals surface area contributed by atoms with E-state index < -0.39 is 17.7 Å². The van der Waals surface area contributed by atoms with Gasteiger partial charge in [-0.1, -0.05) is 27.7 Å².